The van der Waals surface area contributed by atoms with Crippen molar-refractivity contribution >= 4 is 11.4 Å². The Balaban J connectivity index is 2.69. The van der Waals surface area contributed by atoms with Crippen molar-refractivity contribution in [3.63, 3.8) is 0 Å². The molecule has 1 N–H and O–H groups in total. The highest BCUT2D eigenvalue weighted by Crippen LogP contribution is 2.26. The summed E-state index contributed by atoms with van der Waals surface area (Å²) >= 11 is 0. The molecule has 1 aliphatic rings. The zero-order valence-electron chi connectivity index (χ0n) is 6.95. The second kappa shape index (κ2) is 2.59. The van der Waals surface area contributed by atoms with Gasteiger partial charge in [0.15, 0.2) is 5.76 Å². The third kappa shape index (κ3) is 1.07. The molecule has 0 aliphatic heterocycles. The first-order valence-corrected chi connectivity index (χ1v) is 3.94. The number of hydrogen-bond donors (Lipinski definition) is 1. The molecule has 0 saturated heterocycles. The van der Waals surface area contributed by atoms with E-state index in [0.717, 1.165) is 5.56 Å². The van der Waals surface area contributed by atoms with Crippen LogP contribution in [0.25, 0.3) is 5.57 Å². The topological polar surface area (TPSA) is 37.3 Å². The van der Waals surface area contributed by atoms with Crippen molar-refractivity contribution < 1.29 is 9.90 Å². The van der Waals surface area contributed by atoms with Gasteiger partial charge in [-0.2, -0.15) is 0 Å². The zero-order valence-corrected chi connectivity index (χ0v) is 6.95. The van der Waals surface area contributed by atoms with Crippen molar-refractivity contribution in [2.45, 2.75) is 0 Å². The smallest absolute Gasteiger partial charge is 0.227 e. The fraction of sp³-hybridized carbons (Fsp3) is 0. The van der Waals surface area contributed by atoms with E-state index in [0.29, 0.717) is 11.1 Å². The summed E-state index contributed by atoms with van der Waals surface area (Å²) in [5.74, 6) is -0.563. The molecule has 0 amide bonds. The van der Waals surface area contributed by atoms with Crippen LogP contribution in [0, 0.1) is 0 Å². The lowest BCUT2D eigenvalue weighted by Crippen LogP contribution is -2.10. The molecule has 0 spiro atoms. The summed E-state index contributed by atoms with van der Waals surface area (Å²) in [6, 6.07) is 7.11. The Hall–Kier alpha value is -1.83. The van der Waals surface area contributed by atoms with E-state index in [4.69, 9.17) is 0 Å². The number of carbonyl (C=O) groups excluding carboxylic acids is 1. The Morgan fingerprint density at radius 2 is 1.77 bits per heavy atom. The summed E-state index contributed by atoms with van der Waals surface area (Å²) in [7, 11) is 0. The average Bonchev–Trinajstić information content (AvgIpc) is 2.15. The number of benzene rings is 1. The van der Waals surface area contributed by atoms with Gasteiger partial charge in [0.1, 0.15) is 0 Å². The highest BCUT2D eigenvalue weighted by Gasteiger charge is 2.20. The SMILES string of the molecule is C=C1C=C(O)C(=O)c2ccccc21. The van der Waals surface area contributed by atoms with E-state index in [1.165, 1.54) is 6.08 Å². The molecular weight excluding hydrogens is 164 g/mol. The van der Waals surface area contributed by atoms with Crippen LogP contribution >= 0.6 is 0 Å². The maximum atomic E-state index is 11.4. The van der Waals surface area contributed by atoms with Gasteiger partial charge in [-0.3, -0.25) is 4.79 Å². The van der Waals surface area contributed by atoms with Gasteiger partial charge in [-0.15, -0.1) is 0 Å². The minimum Gasteiger partial charge on any atom is -0.504 e. The van der Waals surface area contributed by atoms with Gasteiger partial charge in [-0.05, 0) is 17.2 Å². The van der Waals surface area contributed by atoms with Gasteiger partial charge in [-0.1, -0.05) is 30.8 Å². The van der Waals surface area contributed by atoms with Crippen molar-refractivity contribution in [1.29, 1.82) is 0 Å². The lowest BCUT2D eigenvalue weighted by atomic mass is 9.92. The van der Waals surface area contributed by atoms with Crippen LogP contribution in [0.1, 0.15) is 15.9 Å². The number of hydrogen-bond acceptors (Lipinski definition) is 2. The molecule has 0 bridgehead atoms. The third-order valence-electron chi connectivity index (χ3n) is 2.06. The summed E-state index contributed by atoms with van der Waals surface area (Å²) in [4.78, 5) is 11.4. The van der Waals surface area contributed by atoms with E-state index < -0.39 is 0 Å². The van der Waals surface area contributed by atoms with Gasteiger partial charge in [0.05, 0.1) is 0 Å². The van der Waals surface area contributed by atoms with Crippen LogP contribution in [0.15, 0.2) is 42.7 Å². The van der Waals surface area contributed by atoms with E-state index in [2.05, 4.69) is 6.58 Å². The lowest BCUT2D eigenvalue weighted by Gasteiger charge is -2.13. The molecule has 2 rings (SSSR count). The van der Waals surface area contributed by atoms with Crippen LogP contribution in [0.5, 0.6) is 0 Å². The molecule has 64 valence electrons. The van der Waals surface area contributed by atoms with Crippen LogP contribution in [0.2, 0.25) is 0 Å². The normalized spacial score (nSPS) is 15.2. The molecule has 0 radical (unpaired) electrons. The largest absolute Gasteiger partial charge is 0.504 e. The Morgan fingerprint density at radius 3 is 2.46 bits per heavy atom. The van der Waals surface area contributed by atoms with Crippen LogP contribution in [0.3, 0.4) is 0 Å². The number of aliphatic hydroxyl groups excluding tert-OH is 1. The predicted molar refractivity (Wildman–Crippen MR) is 50.5 cm³/mol. The number of ketones is 1. The van der Waals surface area contributed by atoms with Gasteiger partial charge in [0, 0.05) is 5.56 Å². The van der Waals surface area contributed by atoms with Crippen molar-refractivity contribution in [3.05, 3.63) is 53.8 Å². The van der Waals surface area contributed by atoms with Crippen LogP contribution < -0.4 is 0 Å². The first-order chi connectivity index (χ1) is 6.20. The van der Waals surface area contributed by atoms with Crippen LogP contribution in [-0.4, -0.2) is 10.9 Å². The molecular formula is C11H8O2. The second-order valence-electron chi connectivity index (χ2n) is 2.93. The molecule has 0 unspecified atom stereocenters. The Labute approximate surface area is 75.8 Å². The quantitative estimate of drug-likeness (QED) is 0.652. The summed E-state index contributed by atoms with van der Waals surface area (Å²) < 4.78 is 0. The number of aliphatic hydroxyl groups is 1. The summed E-state index contributed by atoms with van der Waals surface area (Å²) in [6.07, 6.45) is 1.39. The Bertz CT molecular complexity index is 427. The minimum atomic E-state index is -0.331. The number of rotatable bonds is 0. The third-order valence-corrected chi connectivity index (χ3v) is 2.06. The molecule has 0 fully saturated rings. The van der Waals surface area contributed by atoms with Gasteiger partial charge in [0.2, 0.25) is 5.78 Å². The van der Waals surface area contributed by atoms with E-state index in [-0.39, 0.29) is 11.5 Å². The Morgan fingerprint density at radius 1 is 1.15 bits per heavy atom. The molecule has 0 aromatic heterocycles. The van der Waals surface area contributed by atoms with Crippen molar-refractivity contribution in [2.24, 2.45) is 0 Å². The molecule has 0 saturated carbocycles. The molecule has 2 heteroatoms. The second-order valence-corrected chi connectivity index (χ2v) is 2.93. The zero-order chi connectivity index (χ0) is 9.42. The van der Waals surface area contributed by atoms with Gasteiger partial charge < -0.3 is 5.11 Å². The molecule has 1 aromatic carbocycles. The first kappa shape index (κ1) is 7.80. The van der Waals surface area contributed by atoms with Gasteiger partial charge in [-0.25, -0.2) is 0 Å². The first-order valence-electron chi connectivity index (χ1n) is 3.94. The standard InChI is InChI=1S/C11H8O2/c1-7-6-10(12)11(13)9-5-3-2-4-8(7)9/h2-6,12H,1H2. The summed E-state index contributed by atoms with van der Waals surface area (Å²) in [5.41, 5.74) is 1.99. The maximum absolute atomic E-state index is 11.4. The van der Waals surface area contributed by atoms with Gasteiger partial charge in [0.25, 0.3) is 0 Å². The predicted octanol–water partition coefficient (Wildman–Crippen LogP) is 2.34. The van der Waals surface area contributed by atoms with Crippen LogP contribution in [-0.2, 0) is 0 Å². The minimum absolute atomic E-state index is 0.233. The molecule has 1 aliphatic carbocycles. The van der Waals surface area contributed by atoms with Crippen molar-refractivity contribution in [3.8, 4) is 0 Å². The number of carbonyl (C=O) groups is 1. The monoisotopic (exact) mass is 172 g/mol. The number of Topliss-reactive ketones (excluding diaryl/α,β-unsaturated/α-hetero) is 1. The number of allylic oxidation sites excluding steroid dienone is 3. The fourth-order valence-corrected chi connectivity index (χ4v) is 1.41. The van der Waals surface area contributed by atoms with Crippen molar-refractivity contribution in [2.75, 3.05) is 0 Å². The molecule has 1 aromatic rings. The highest BCUT2D eigenvalue weighted by atomic mass is 16.3. The fourth-order valence-electron chi connectivity index (χ4n) is 1.41. The number of fused-ring (bicyclic) bond motifs is 1. The van der Waals surface area contributed by atoms with Crippen LogP contribution in [0.4, 0.5) is 0 Å². The van der Waals surface area contributed by atoms with E-state index >= 15 is 0 Å². The lowest BCUT2D eigenvalue weighted by molar-refractivity contribution is 0.0976. The molecule has 0 heterocycles. The molecule has 2 nitrogen and oxygen atoms in total. The molecule has 0 atom stereocenters. The molecule has 13 heavy (non-hydrogen) atoms. The van der Waals surface area contributed by atoms with Crippen molar-refractivity contribution in [1.82, 2.24) is 0 Å². The van der Waals surface area contributed by atoms with Gasteiger partial charge >= 0.3 is 0 Å². The summed E-state index contributed by atoms with van der Waals surface area (Å²) in [5, 5.41) is 9.25. The highest BCUT2D eigenvalue weighted by molar-refractivity contribution is 6.14. The van der Waals surface area contributed by atoms with E-state index in [1.54, 1.807) is 12.1 Å². The van der Waals surface area contributed by atoms with E-state index in [1.807, 2.05) is 12.1 Å². The summed E-state index contributed by atoms with van der Waals surface area (Å²) in [6.45, 7) is 3.75. The van der Waals surface area contributed by atoms with E-state index in [9.17, 15) is 9.90 Å². The average molecular weight is 172 g/mol. The Kier molecular flexibility index (Phi) is 1.55. The maximum Gasteiger partial charge on any atom is 0.227 e.